The predicted octanol–water partition coefficient (Wildman–Crippen LogP) is 3.23. The first-order valence-electron chi connectivity index (χ1n) is 6.80. The Hall–Kier alpha value is -1.55. The van der Waals surface area contributed by atoms with Crippen LogP contribution in [0.4, 0.5) is 5.69 Å². The molecule has 0 unspecified atom stereocenters. The second-order valence-electron chi connectivity index (χ2n) is 4.37. The molecular weight excluding hydrogens is 242 g/mol. The van der Waals surface area contributed by atoms with Crippen LogP contribution in [0, 0.1) is 0 Å². The van der Waals surface area contributed by atoms with Gasteiger partial charge in [-0.05, 0) is 30.7 Å². The lowest BCUT2D eigenvalue weighted by atomic mass is 10.3. The highest BCUT2D eigenvalue weighted by Gasteiger charge is 1.97. The van der Waals surface area contributed by atoms with Crippen LogP contribution >= 0.6 is 0 Å². The first kappa shape index (κ1) is 15.5. The summed E-state index contributed by atoms with van der Waals surface area (Å²) in [6, 6.07) is 7.31. The van der Waals surface area contributed by atoms with Crippen molar-refractivity contribution in [2.75, 3.05) is 25.1 Å². The lowest BCUT2D eigenvalue weighted by molar-refractivity contribution is -0.114. The van der Waals surface area contributed by atoms with E-state index in [1.165, 1.54) is 19.8 Å². The van der Waals surface area contributed by atoms with Crippen LogP contribution in [0.25, 0.3) is 0 Å². The smallest absolute Gasteiger partial charge is 0.221 e. The second kappa shape index (κ2) is 9.39. The number of unbranched alkanes of at least 4 members (excludes halogenated alkanes) is 2. The number of amides is 1. The van der Waals surface area contributed by atoms with Gasteiger partial charge in [-0.2, -0.15) is 0 Å². The van der Waals surface area contributed by atoms with Crippen molar-refractivity contribution < 1.29 is 14.3 Å². The lowest BCUT2D eigenvalue weighted by Gasteiger charge is -2.08. The molecule has 0 fully saturated rings. The van der Waals surface area contributed by atoms with Gasteiger partial charge in [0, 0.05) is 19.2 Å². The summed E-state index contributed by atoms with van der Waals surface area (Å²) in [6.07, 6.45) is 3.54. The van der Waals surface area contributed by atoms with E-state index in [2.05, 4.69) is 12.2 Å². The van der Waals surface area contributed by atoms with Crippen molar-refractivity contribution in [1.29, 1.82) is 0 Å². The van der Waals surface area contributed by atoms with Gasteiger partial charge in [-0.1, -0.05) is 19.8 Å². The fourth-order valence-electron chi connectivity index (χ4n) is 1.61. The third kappa shape index (κ3) is 7.47. The summed E-state index contributed by atoms with van der Waals surface area (Å²) in [5, 5.41) is 2.71. The van der Waals surface area contributed by atoms with Gasteiger partial charge in [0.15, 0.2) is 0 Å². The van der Waals surface area contributed by atoms with E-state index in [4.69, 9.17) is 9.47 Å². The first-order valence-corrected chi connectivity index (χ1v) is 6.80. The standard InChI is InChI=1S/C15H23NO3/c1-3-4-5-10-18-11-12-19-15-8-6-14(7-9-15)16-13(2)17/h6-9H,3-5,10-12H2,1-2H3,(H,16,17). The summed E-state index contributed by atoms with van der Waals surface area (Å²) in [5.74, 6) is 0.709. The number of rotatable bonds is 9. The minimum Gasteiger partial charge on any atom is -0.491 e. The van der Waals surface area contributed by atoms with Crippen molar-refractivity contribution in [3.63, 3.8) is 0 Å². The van der Waals surface area contributed by atoms with Crippen LogP contribution < -0.4 is 10.1 Å². The molecule has 0 spiro atoms. The van der Waals surface area contributed by atoms with Crippen LogP contribution in [-0.2, 0) is 9.53 Å². The average Bonchev–Trinajstić information content (AvgIpc) is 2.39. The minimum absolute atomic E-state index is 0.0749. The number of hydrogen-bond donors (Lipinski definition) is 1. The third-order valence-corrected chi connectivity index (χ3v) is 2.56. The van der Waals surface area contributed by atoms with Crippen molar-refractivity contribution in [2.45, 2.75) is 33.1 Å². The molecule has 1 N–H and O–H groups in total. The maximum absolute atomic E-state index is 10.9. The van der Waals surface area contributed by atoms with E-state index in [9.17, 15) is 4.79 Å². The van der Waals surface area contributed by atoms with Crippen molar-refractivity contribution in [3.05, 3.63) is 24.3 Å². The Bertz CT molecular complexity index is 362. The normalized spacial score (nSPS) is 10.2. The van der Waals surface area contributed by atoms with Crippen molar-refractivity contribution in [2.24, 2.45) is 0 Å². The third-order valence-electron chi connectivity index (χ3n) is 2.56. The molecule has 1 rings (SSSR count). The van der Waals surface area contributed by atoms with Crippen LogP contribution in [0.3, 0.4) is 0 Å². The van der Waals surface area contributed by atoms with E-state index in [1.54, 1.807) is 0 Å². The van der Waals surface area contributed by atoms with Crippen LogP contribution in [0.5, 0.6) is 5.75 Å². The molecule has 0 bridgehead atoms. The van der Waals surface area contributed by atoms with E-state index >= 15 is 0 Å². The maximum Gasteiger partial charge on any atom is 0.221 e. The molecule has 4 nitrogen and oxygen atoms in total. The number of carbonyl (C=O) groups excluding carboxylic acids is 1. The number of carbonyl (C=O) groups is 1. The lowest BCUT2D eigenvalue weighted by Crippen LogP contribution is -2.08. The van der Waals surface area contributed by atoms with E-state index in [-0.39, 0.29) is 5.91 Å². The van der Waals surface area contributed by atoms with E-state index in [0.29, 0.717) is 13.2 Å². The SMILES string of the molecule is CCCCCOCCOc1ccc(NC(C)=O)cc1. The van der Waals surface area contributed by atoms with Gasteiger partial charge in [0.05, 0.1) is 6.61 Å². The molecule has 0 saturated heterocycles. The summed E-state index contributed by atoms with van der Waals surface area (Å²) in [6.45, 7) is 5.62. The minimum atomic E-state index is -0.0749. The molecule has 4 heteroatoms. The highest BCUT2D eigenvalue weighted by molar-refractivity contribution is 5.88. The number of nitrogens with one attached hydrogen (secondary N) is 1. The zero-order chi connectivity index (χ0) is 13.9. The van der Waals surface area contributed by atoms with Crippen LogP contribution in [0.15, 0.2) is 24.3 Å². The van der Waals surface area contributed by atoms with Crippen molar-refractivity contribution in [3.8, 4) is 5.75 Å². The molecule has 0 aliphatic carbocycles. The highest BCUT2D eigenvalue weighted by Crippen LogP contribution is 2.15. The molecule has 0 aliphatic heterocycles. The van der Waals surface area contributed by atoms with E-state index < -0.39 is 0 Å². The molecule has 0 aromatic heterocycles. The second-order valence-corrected chi connectivity index (χ2v) is 4.37. The number of anilines is 1. The molecule has 0 aliphatic rings. The van der Waals surface area contributed by atoms with Crippen LogP contribution in [-0.4, -0.2) is 25.7 Å². The van der Waals surface area contributed by atoms with Crippen molar-refractivity contribution >= 4 is 11.6 Å². The molecule has 0 atom stereocenters. The fourth-order valence-corrected chi connectivity index (χ4v) is 1.61. The summed E-state index contributed by atoms with van der Waals surface area (Å²) in [7, 11) is 0. The first-order chi connectivity index (χ1) is 9.22. The van der Waals surface area contributed by atoms with Crippen LogP contribution in [0.2, 0.25) is 0 Å². The Kier molecular flexibility index (Phi) is 7.66. The molecular formula is C15H23NO3. The molecule has 0 heterocycles. The summed E-state index contributed by atoms with van der Waals surface area (Å²) in [5.41, 5.74) is 0.774. The zero-order valence-corrected chi connectivity index (χ0v) is 11.8. The largest absolute Gasteiger partial charge is 0.491 e. The van der Waals surface area contributed by atoms with Gasteiger partial charge in [-0.25, -0.2) is 0 Å². The van der Waals surface area contributed by atoms with Gasteiger partial charge < -0.3 is 14.8 Å². The predicted molar refractivity (Wildman–Crippen MR) is 76.6 cm³/mol. The molecule has 0 saturated carbocycles. The van der Waals surface area contributed by atoms with Gasteiger partial charge in [0.25, 0.3) is 0 Å². The monoisotopic (exact) mass is 265 g/mol. The van der Waals surface area contributed by atoms with Gasteiger partial charge in [-0.3, -0.25) is 4.79 Å². The van der Waals surface area contributed by atoms with Gasteiger partial charge in [0.2, 0.25) is 5.91 Å². The van der Waals surface area contributed by atoms with E-state index in [0.717, 1.165) is 24.5 Å². The Morgan fingerprint density at radius 1 is 1.11 bits per heavy atom. The zero-order valence-electron chi connectivity index (χ0n) is 11.8. The van der Waals surface area contributed by atoms with Gasteiger partial charge in [-0.15, -0.1) is 0 Å². The molecule has 19 heavy (non-hydrogen) atoms. The van der Waals surface area contributed by atoms with Crippen molar-refractivity contribution in [1.82, 2.24) is 0 Å². The Labute approximate surface area is 115 Å². The van der Waals surface area contributed by atoms with E-state index in [1.807, 2.05) is 24.3 Å². The molecule has 1 aromatic carbocycles. The fraction of sp³-hybridized carbons (Fsp3) is 0.533. The summed E-state index contributed by atoms with van der Waals surface area (Å²) >= 11 is 0. The Morgan fingerprint density at radius 2 is 1.84 bits per heavy atom. The topological polar surface area (TPSA) is 47.6 Å². The quantitative estimate of drug-likeness (QED) is 0.697. The number of benzene rings is 1. The average molecular weight is 265 g/mol. The highest BCUT2D eigenvalue weighted by atomic mass is 16.5. The molecule has 1 aromatic rings. The van der Waals surface area contributed by atoms with Crippen LogP contribution in [0.1, 0.15) is 33.1 Å². The number of ether oxygens (including phenoxy) is 2. The Morgan fingerprint density at radius 3 is 2.47 bits per heavy atom. The Balaban J connectivity index is 2.14. The molecule has 1 amide bonds. The molecule has 106 valence electrons. The molecule has 0 radical (unpaired) electrons. The summed E-state index contributed by atoms with van der Waals surface area (Å²) in [4.78, 5) is 10.9. The summed E-state index contributed by atoms with van der Waals surface area (Å²) < 4.78 is 11.0. The van der Waals surface area contributed by atoms with Gasteiger partial charge in [0.1, 0.15) is 12.4 Å². The van der Waals surface area contributed by atoms with Gasteiger partial charge >= 0.3 is 0 Å². The maximum atomic E-state index is 10.9. The number of hydrogen-bond acceptors (Lipinski definition) is 3.